The summed E-state index contributed by atoms with van der Waals surface area (Å²) in [6, 6.07) is 7.67. The van der Waals surface area contributed by atoms with Crippen LogP contribution in [-0.2, 0) is 11.2 Å². The minimum atomic E-state index is -0.262. The second-order valence-corrected chi connectivity index (χ2v) is 7.23. The topological polar surface area (TPSA) is 73.3 Å². The second kappa shape index (κ2) is 9.43. The number of hydrogen-bond acceptors (Lipinski definition) is 6. The number of amides is 1. The van der Waals surface area contributed by atoms with E-state index in [9.17, 15) is 4.79 Å². The zero-order chi connectivity index (χ0) is 19.1. The van der Waals surface area contributed by atoms with E-state index in [1.165, 1.54) is 11.8 Å². The van der Waals surface area contributed by atoms with Gasteiger partial charge in [-0.15, -0.1) is 0 Å². The lowest BCUT2D eigenvalue weighted by Crippen LogP contribution is -2.32. The SMILES string of the molecule is COc1ccc(CCNC(=O)[C@H](C)Sc2nc(C)cc(C)n2)cc1OC. The fourth-order valence-corrected chi connectivity index (χ4v) is 3.37. The van der Waals surface area contributed by atoms with Crippen LogP contribution in [0, 0.1) is 13.8 Å². The zero-order valence-corrected chi connectivity index (χ0v) is 16.6. The summed E-state index contributed by atoms with van der Waals surface area (Å²) < 4.78 is 10.5. The standard InChI is InChI=1S/C19H25N3O3S/c1-12-10-13(2)22-19(21-12)26-14(3)18(23)20-9-8-15-6-7-16(24-4)17(11-15)25-5/h6-7,10-11,14H,8-9H2,1-5H3,(H,20,23)/t14-/m0/s1. The molecule has 1 atom stereocenters. The number of carbonyl (C=O) groups excluding carboxylic acids is 1. The summed E-state index contributed by atoms with van der Waals surface area (Å²) in [5, 5.41) is 3.33. The van der Waals surface area contributed by atoms with E-state index in [2.05, 4.69) is 15.3 Å². The molecule has 2 aromatic rings. The Kier molecular flexibility index (Phi) is 7.26. The van der Waals surface area contributed by atoms with E-state index in [1.807, 2.05) is 45.0 Å². The zero-order valence-electron chi connectivity index (χ0n) is 15.8. The number of nitrogens with zero attached hydrogens (tertiary/aromatic N) is 2. The first-order valence-electron chi connectivity index (χ1n) is 8.40. The molecule has 0 aliphatic heterocycles. The number of methoxy groups -OCH3 is 2. The number of rotatable bonds is 8. The molecule has 0 saturated heterocycles. The van der Waals surface area contributed by atoms with Crippen molar-refractivity contribution in [1.82, 2.24) is 15.3 Å². The van der Waals surface area contributed by atoms with Crippen molar-refractivity contribution < 1.29 is 14.3 Å². The van der Waals surface area contributed by atoms with Gasteiger partial charge < -0.3 is 14.8 Å². The average molecular weight is 375 g/mol. The molecule has 140 valence electrons. The maximum absolute atomic E-state index is 12.3. The van der Waals surface area contributed by atoms with Crippen LogP contribution in [-0.4, -0.2) is 41.9 Å². The van der Waals surface area contributed by atoms with Crippen molar-refractivity contribution in [3.05, 3.63) is 41.2 Å². The Labute approximate surface area is 158 Å². The molecule has 0 fully saturated rings. The molecular formula is C19H25N3O3S. The first-order valence-corrected chi connectivity index (χ1v) is 9.28. The molecule has 0 saturated carbocycles. The summed E-state index contributed by atoms with van der Waals surface area (Å²) in [7, 11) is 3.22. The number of benzene rings is 1. The summed E-state index contributed by atoms with van der Waals surface area (Å²) in [6.45, 7) is 6.25. The van der Waals surface area contributed by atoms with Crippen LogP contribution < -0.4 is 14.8 Å². The highest BCUT2D eigenvalue weighted by Gasteiger charge is 2.16. The molecule has 0 aliphatic carbocycles. The van der Waals surface area contributed by atoms with Gasteiger partial charge in [0, 0.05) is 17.9 Å². The molecule has 1 aromatic heterocycles. The van der Waals surface area contributed by atoms with Gasteiger partial charge in [-0.25, -0.2) is 9.97 Å². The van der Waals surface area contributed by atoms with Gasteiger partial charge in [-0.05, 0) is 51.0 Å². The molecule has 26 heavy (non-hydrogen) atoms. The third-order valence-corrected chi connectivity index (χ3v) is 4.74. The van der Waals surface area contributed by atoms with Crippen molar-refractivity contribution in [2.24, 2.45) is 0 Å². The molecule has 1 heterocycles. The maximum atomic E-state index is 12.3. The third-order valence-electron chi connectivity index (χ3n) is 3.77. The van der Waals surface area contributed by atoms with E-state index in [-0.39, 0.29) is 11.2 Å². The molecule has 0 spiro atoms. The summed E-state index contributed by atoms with van der Waals surface area (Å²) in [5.41, 5.74) is 2.88. The van der Waals surface area contributed by atoms with E-state index in [0.717, 1.165) is 17.0 Å². The Balaban J connectivity index is 1.86. The number of aromatic nitrogens is 2. The monoisotopic (exact) mass is 375 g/mol. The molecule has 0 aliphatic rings. The Morgan fingerprint density at radius 2 is 1.77 bits per heavy atom. The minimum Gasteiger partial charge on any atom is -0.493 e. The lowest BCUT2D eigenvalue weighted by Gasteiger charge is -2.13. The van der Waals surface area contributed by atoms with E-state index < -0.39 is 0 Å². The Morgan fingerprint density at radius 1 is 1.12 bits per heavy atom. The van der Waals surface area contributed by atoms with Gasteiger partial charge in [0.2, 0.25) is 5.91 Å². The van der Waals surface area contributed by atoms with Crippen molar-refractivity contribution in [3.8, 4) is 11.5 Å². The van der Waals surface area contributed by atoms with Crippen molar-refractivity contribution in [2.45, 2.75) is 37.6 Å². The number of thioether (sulfide) groups is 1. The van der Waals surface area contributed by atoms with Gasteiger partial charge in [-0.3, -0.25) is 4.79 Å². The highest BCUT2D eigenvalue weighted by Crippen LogP contribution is 2.27. The first-order chi connectivity index (χ1) is 12.4. The van der Waals surface area contributed by atoms with Crippen LogP contribution in [0.2, 0.25) is 0 Å². The lowest BCUT2D eigenvalue weighted by atomic mass is 10.1. The van der Waals surface area contributed by atoms with Gasteiger partial charge in [0.1, 0.15) is 0 Å². The molecular weight excluding hydrogens is 350 g/mol. The summed E-state index contributed by atoms with van der Waals surface area (Å²) >= 11 is 1.37. The van der Waals surface area contributed by atoms with Crippen LogP contribution >= 0.6 is 11.8 Å². The van der Waals surface area contributed by atoms with Crippen LogP contribution in [0.1, 0.15) is 23.9 Å². The molecule has 1 aromatic carbocycles. The lowest BCUT2D eigenvalue weighted by molar-refractivity contribution is -0.120. The summed E-state index contributed by atoms with van der Waals surface area (Å²) in [5.74, 6) is 1.35. The molecule has 0 unspecified atom stereocenters. The van der Waals surface area contributed by atoms with Gasteiger partial charge in [0.25, 0.3) is 0 Å². The van der Waals surface area contributed by atoms with Crippen LogP contribution in [0.25, 0.3) is 0 Å². The van der Waals surface area contributed by atoms with Crippen molar-refractivity contribution in [2.75, 3.05) is 20.8 Å². The van der Waals surface area contributed by atoms with Crippen LogP contribution in [0.4, 0.5) is 0 Å². The predicted octanol–water partition coefficient (Wildman–Crippen LogP) is 2.95. The van der Waals surface area contributed by atoms with Crippen molar-refractivity contribution >= 4 is 17.7 Å². The third kappa shape index (κ3) is 5.62. The quantitative estimate of drug-likeness (QED) is 0.565. The summed E-state index contributed by atoms with van der Waals surface area (Å²) in [6.07, 6.45) is 0.712. The Hall–Kier alpha value is -2.28. The smallest absolute Gasteiger partial charge is 0.233 e. The fraction of sp³-hybridized carbons (Fsp3) is 0.421. The average Bonchev–Trinajstić information content (AvgIpc) is 2.60. The maximum Gasteiger partial charge on any atom is 0.233 e. The Morgan fingerprint density at radius 3 is 2.38 bits per heavy atom. The van der Waals surface area contributed by atoms with Gasteiger partial charge in [0.05, 0.1) is 19.5 Å². The first kappa shape index (κ1) is 20.0. The molecule has 6 nitrogen and oxygen atoms in total. The van der Waals surface area contributed by atoms with Gasteiger partial charge in [0.15, 0.2) is 16.7 Å². The normalized spacial score (nSPS) is 11.7. The molecule has 7 heteroatoms. The fourth-order valence-electron chi connectivity index (χ4n) is 2.47. The number of ether oxygens (including phenoxy) is 2. The summed E-state index contributed by atoms with van der Waals surface area (Å²) in [4.78, 5) is 21.0. The van der Waals surface area contributed by atoms with Gasteiger partial charge >= 0.3 is 0 Å². The number of hydrogen-bond donors (Lipinski definition) is 1. The molecule has 1 N–H and O–H groups in total. The molecule has 1 amide bonds. The van der Waals surface area contributed by atoms with Crippen LogP contribution in [0.3, 0.4) is 0 Å². The van der Waals surface area contributed by atoms with Crippen LogP contribution in [0.5, 0.6) is 11.5 Å². The van der Waals surface area contributed by atoms with E-state index in [4.69, 9.17) is 9.47 Å². The number of carbonyl (C=O) groups is 1. The molecule has 0 bridgehead atoms. The van der Waals surface area contributed by atoms with Gasteiger partial charge in [-0.1, -0.05) is 17.8 Å². The van der Waals surface area contributed by atoms with Crippen molar-refractivity contribution in [1.29, 1.82) is 0 Å². The molecule has 2 rings (SSSR count). The van der Waals surface area contributed by atoms with E-state index >= 15 is 0 Å². The molecule has 0 radical (unpaired) electrons. The largest absolute Gasteiger partial charge is 0.493 e. The van der Waals surface area contributed by atoms with Crippen LogP contribution in [0.15, 0.2) is 29.4 Å². The highest BCUT2D eigenvalue weighted by atomic mass is 32.2. The number of nitrogens with one attached hydrogen (secondary N) is 1. The van der Waals surface area contributed by atoms with E-state index in [0.29, 0.717) is 29.6 Å². The Bertz CT molecular complexity index is 747. The predicted molar refractivity (Wildman–Crippen MR) is 103 cm³/mol. The second-order valence-electron chi connectivity index (χ2n) is 5.92. The minimum absolute atomic E-state index is 0.0294. The number of aryl methyl sites for hydroxylation is 2. The van der Waals surface area contributed by atoms with Crippen molar-refractivity contribution in [3.63, 3.8) is 0 Å². The van der Waals surface area contributed by atoms with Gasteiger partial charge in [-0.2, -0.15) is 0 Å². The highest BCUT2D eigenvalue weighted by molar-refractivity contribution is 8.00. The van der Waals surface area contributed by atoms with E-state index in [1.54, 1.807) is 14.2 Å².